The van der Waals surface area contributed by atoms with E-state index in [9.17, 15) is 9.59 Å². The first kappa shape index (κ1) is 17.7. The predicted octanol–water partition coefficient (Wildman–Crippen LogP) is 2.76. The van der Waals surface area contributed by atoms with Gasteiger partial charge >= 0.3 is 5.69 Å². The van der Waals surface area contributed by atoms with Gasteiger partial charge in [0.2, 0.25) is 0 Å². The Morgan fingerprint density at radius 2 is 2.04 bits per heavy atom. The van der Waals surface area contributed by atoms with Crippen molar-refractivity contribution in [1.82, 2.24) is 9.55 Å². The van der Waals surface area contributed by atoms with Crippen LogP contribution in [0.15, 0.2) is 33.9 Å². The average Bonchev–Trinajstić information content (AvgIpc) is 2.62. The number of ether oxygens (including phenoxy) is 1. The third-order valence-electron chi connectivity index (χ3n) is 5.13. The first-order valence-corrected chi connectivity index (χ1v) is 9.16. The van der Waals surface area contributed by atoms with Gasteiger partial charge in [-0.05, 0) is 56.1 Å². The molecule has 25 heavy (non-hydrogen) atoms. The van der Waals surface area contributed by atoms with Crippen LogP contribution in [0.2, 0.25) is 0 Å². The highest BCUT2D eigenvalue weighted by Gasteiger charge is 2.23. The van der Waals surface area contributed by atoms with Crippen molar-refractivity contribution in [3.63, 3.8) is 0 Å². The van der Waals surface area contributed by atoms with Crippen LogP contribution >= 0.6 is 0 Å². The maximum Gasteiger partial charge on any atom is 0.330 e. The summed E-state index contributed by atoms with van der Waals surface area (Å²) in [5.41, 5.74) is 3.62. The number of aromatic nitrogens is 2. The molecule has 0 saturated heterocycles. The van der Waals surface area contributed by atoms with E-state index < -0.39 is 0 Å². The number of nitrogens with zero attached hydrogens (tertiary/aromatic N) is 1. The van der Waals surface area contributed by atoms with Crippen LogP contribution in [0.5, 0.6) is 0 Å². The molecule has 0 aliphatic heterocycles. The number of rotatable bonds is 6. The molecule has 1 atom stereocenters. The molecule has 5 nitrogen and oxygen atoms in total. The largest absolute Gasteiger partial charge is 0.361 e. The fourth-order valence-corrected chi connectivity index (χ4v) is 3.87. The first-order valence-electron chi connectivity index (χ1n) is 9.16. The van der Waals surface area contributed by atoms with Gasteiger partial charge in [0, 0.05) is 17.9 Å². The smallest absolute Gasteiger partial charge is 0.330 e. The summed E-state index contributed by atoms with van der Waals surface area (Å²) < 4.78 is 7.08. The molecule has 5 heteroatoms. The summed E-state index contributed by atoms with van der Waals surface area (Å²) in [6.07, 6.45) is 4.63. The lowest BCUT2D eigenvalue weighted by Crippen LogP contribution is -2.36. The van der Waals surface area contributed by atoms with Crippen LogP contribution in [0.25, 0.3) is 0 Å². The van der Waals surface area contributed by atoms with E-state index in [1.807, 2.05) is 13.8 Å². The molecule has 1 heterocycles. The van der Waals surface area contributed by atoms with E-state index in [0.717, 1.165) is 25.0 Å². The van der Waals surface area contributed by atoms with Gasteiger partial charge in [0.05, 0.1) is 0 Å². The highest BCUT2D eigenvalue weighted by molar-refractivity contribution is 5.34. The molecule has 0 bridgehead atoms. The summed E-state index contributed by atoms with van der Waals surface area (Å²) in [6.45, 7) is 4.56. The van der Waals surface area contributed by atoms with Crippen LogP contribution < -0.4 is 11.2 Å². The summed E-state index contributed by atoms with van der Waals surface area (Å²) in [4.78, 5) is 27.1. The maximum absolute atomic E-state index is 12.3. The zero-order chi connectivity index (χ0) is 17.8. The Morgan fingerprint density at radius 3 is 2.80 bits per heavy atom. The fraction of sp³-hybridized carbons (Fsp3) is 0.500. The van der Waals surface area contributed by atoms with Gasteiger partial charge in [-0.25, -0.2) is 4.79 Å². The Balaban J connectivity index is 2.05. The second kappa shape index (κ2) is 7.83. The Kier molecular flexibility index (Phi) is 5.53. The first-order chi connectivity index (χ1) is 12.2. The Hall–Kier alpha value is -2.14. The number of H-pyrrole nitrogens is 1. The molecule has 1 aromatic carbocycles. The van der Waals surface area contributed by atoms with E-state index in [-0.39, 0.29) is 18.0 Å². The van der Waals surface area contributed by atoms with Crippen molar-refractivity contribution in [3.8, 4) is 0 Å². The van der Waals surface area contributed by atoms with Gasteiger partial charge < -0.3 is 4.74 Å². The van der Waals surface area contributed by atoms with E-state index in [2.05, 4.69) is 29.2 Å². The van der Waals surface area contributed by atoms with Crippen LogP contribution in [0.3, 0.4) is 0 Å². The quantitative estimate of drug-likeness (QED) is 0.878. The van der Waals surface area contributed by atoms with E-state index in [1.54, 1.807) is 4.57 Å². The molecule has 1 aromatic heterocycles. The molecule has 1 unspecified atom stereocenters. The molecular weight excluding hydrogens is 316 g/mol. The number of fused-ring (bicyclic) bond motifs is 1. The summed E-state index contributed by atoms with van der Waals surface area (Å²) in [7, 11) is 0. The molecule has 1 N–H and O–H groups in total. The molecule has 1 aliphatic rings. The van der Waals surface area contributed by atoms with Crippen LogP contribution in [-0.4, -0.2) is 16.2 Å². The lowest BCUT2D eigenvalue weighted by atomic mass is 9.80. The second-order valence-electron chi connectivity index (χ2n) is 6.58. The summed E-state index contributed by atoms with van der Waals surface area (Å²) in [6, 6.07) is 8.52. The fourth-order valence-electron chi connectivity index (χ4n) is 3.87. The van der Waals surface area contributed by atoms with Crippen molar-refractivity contribution in [2.45, 2.75) is 58.6 Å². The number of hydrogen-bond acceptors (Lipinski definition) is 3. The van der Waals surface area contributed by atoms with Crippen molar-refractivity contribution < 1.29 is 4.74 Å². The lowest BCUT2D eigenvalue weighted by Gasteiger charge is -2.27. The third-order valence-corrected chi connectivity index (χ3v) is 5.13. The normalized spacial score (nSPS) is 16.6. The minimum Gasteiger partial charge on any atom is -0.361 e. The summed E-state index contributed by atoms with van der Waals surface area (Å²) in [5.74, 6) is 0.337. The van der Waals surface area contributed by atoms with Crippen molar-refractivity contribution in [2.24, 2.45) is 0 Å². The van der Waals surface area contributed by atoms with Gasteiger partial charge in [-0.2, -0.15) is 0 Å². The van der Waals surface area contributed by atoms with Gasteiger partial charge in [0.25, 0.3) is 5.56 Å². The van der Waals surface area contributed by atoms with Gasteiger partial charge in [0.15, 0.2) is 0 Å². The second-order valence-corrected chi connectivity index (χ2v) is 6.58. The molecule has 0 amide bonds. The SMILES string of the molecule is CCOCn1c(CC2CCCc3ccccc32)c(CC)c(=O)[nH]c1=O. The van der Waals surface area contributed by atoms with Crippen molar-refractivity contribution in [3.05, 3.63) is 67.5 Å². The van der Waals surface area contributed by atoms with Crippen molar-refractivity contribution in [1.29, 1.82) is 0 Å². The van der Waals surface area contributed by atoms with E-state index in [1.165, 1.54) is 11.1 Å². The Labute approximate surface area is 147 Å². The molecule has 134 valence electrons. The van der Waals surface area contributed by atoms with Crippen molar-refractivity contribution >= 4 is 0 Å². The van der Waals surface area contributed by atoms with Crippen LogP contribution in [0.4, 0.5) is 0 Å². The van der Waals surface area contributed by atoms with Crippen LogP contribution in [0, 0.1) is 0 Å². The molecule has 3 rings (SSSR count). The zero-order valence-corrected chi connectivity index (χ0v) is 15.0. The third kappa shape index (κ3) is 3.61. The number of nitrogens with one attached hydrogen (secondary N) is 1. The summed E-state index contributed by atoms with van der Waals surface area (Å²) in [5, 5.41) is 0. The predicted molar refractivity (Wildman–Crippen MR) is 98.2 cm³/mol. The monoisotopic (exact) mass is 342 g/mol. The minimum atomic E-state index is -0.380. The average molecular weight is 342 g/mol. The Morgan fingerprint density at radius 1 is 1.24 bits per heavy atom. The number of hydrogen-bond donors (Lipinski definition) is 1. The van der Waals surface area contributed by atoms with Gasteiger partial charge in [-0.15, -0.1) is 0 Å². The molecular formula is C20H26N2O3. The highest BCUT2D eigenvalue weighted by atomic mass is 16.5. The van der Waals surface area contributed by atoms with E-state index >= 15 is 0 Å². The van der Waals surface area contributed by atoms with E-state index in [4.69, 9.17) is 4.74 Å². The molecule has 1 aliphatic carbocycles. The molecule has 0 radical (unpaired) electrons. The lowest BCUT2D eigenvalue weighted by molar-refractivity contribution is 0.0816. The van der Waals surface area contributed by atoms with Gasteiger partial charge in [-0.1, -0.05) is 31.2 Å². The zero-order valence-electron chi connectivity index (χ0n) is 15.0. The topological polar surface area (TPSA) is 64.1 Å². The van der Waals surface area contributed by atoms with Gasteiger partial charge in [0.1, 0.15) is 6.73 Å². The van der Waals surface area contributed by atoms with Crippen LogP contribution in [-0.2, 0) is 30.7 Å². The van der Waals surface area contributed by atoms with Crippen molar-refractivity contribution in [2.75, 3.05) is 6.61 Å². The van der Waals surface area contributed by atoms with Gasteiger partial charge in [-0.3, -0.25) is 14.3 Å². The molecule has 2 aromatic rings. The molecule has 0 fully saturated rings. The standard InChI is InChI=1S/C20H26N2O3/c1-3-16-18(22(13-25-4-2)20(24)21-19(16)23)12-15-10-7-9-14-8-5-6-11-17(14)15/h5-6,8,11,15H,3-4,7,9-10,12-13H2,1-2H3,(H,21,23,24). The number of aromatic amines is 1. The Bertz CT molecular complexity index is 851. The highest BCUT2D eigenvalue weighted by Crippen LogP contribution is 2.34. The number of aryl methyl sites for hydroxylation is 1. The molecule has 0 saturated carbocycles. The van der Waals surface area contributed by atoms with Crippen LogP contribution in [0.1, 0.15) is 55.0 Å². The minimum absolute atomic E-state index is 0.183. The molecule has 0 spiro atoms. The van der Waals surface area contributed by atoms with E-state index in [0.29, 0.717) is 30.9 Å². The maximum atomic E-state index is 12.3. The number of benzene rings is 1. The summed E-state index contributed by atoms with van der Waals surface area (Å²) >= 11 is 0.